The van der Waals surface area contributed by atoms with Crippen LogP contribution in [0.3, 0.4) is 0 Å². The first-order valence-corrected chi connectivity index (χ1v) is 6.41. The molecule has 0 spiro atoms. The largest absolute Gasteiger partial charge is 0.456 e. The van der Waals surface area contributed by atoms with Crippen molar-refractivity contribution in [3.8, 4) is 0 Å². The van der Waals surface area contributed by atoms with E-state index in [1.54, 1.807) is 0 Å². The number of fused-ring (bicyclic) bond motifs is 5. The lowest BCUT2D eigenvalue weighted by Gasteiger charge is -2.03. The average Bonchev–Trinajstić information content (AvgIpc) is 2.78. The van der Waals surface area contributed by atoms with Gasteiger partial charge in [0.15, 0.2) is 0 Å². The van der Waals surface area contributed by atoms with Crippen LogP contribution in [0, 0.1) is 0 Å². The zero-order valence-corrected chi connectivity index (χ0v) is 10.7. The maximum atomic E-state index is 6.33. The van der Waals surface area contributed by atoms with Crippen LogP contribution in [0.15, 0.2) is 52.9 Å². The van der Waals surface area contributed by atoms with Crippen LogP contribution in [-0.4, -0.2) is 7.85 Å². The zero-order chi connectivity index (χ0) is 13.0. The van der Waals surface area contributed by atoms with E-state index in [1.807, 2.05) is 48.5 Å². The lowest BCUT2D eigenvalue weighted by molar-refractivity contribution is 0.669. The van der Waals surface area contributed by atoms with Gasteiger partial charge >= 0.3 is 0 Å². The van der Waals surface area contributed by atoms with Crippen molar-refractivity contribution in [1.29, 1.82) is 0 Å². The predicted molar refractivity (Wildman–Crippen MR) is 81.6 cm³/mol. The van der Waals surface area contributed by atoms with Crippen molar-refractivity contribution in [2.75, 3.05) is 0 Å². The average molecular weight is 263 g/mol. The first-order valence-electron chi connectivity index (χ1n) is 6.03. The quantitative estimate of drug-likeness (QED) is 0.433. The van der Waals surface area contributed by atoms with Crippen LogP contribution in [0.25, 0.3) is 32.7 Å². The molecule has 1 nitrogen and oxygen atoms in total. The predicted octanol–water partition coefficient (Wildman–Crippen LogP) is 4.19. The molecule has 0 saturated carbocycles. The molecular formula is C16H8BClO. The van der Waals surface area contributed by atoms with Crippen LogP contribution in [0.5, 0.6) is 0 Å². The number of hydrogen-bond donors (Lipinski definition) is 0. The molecule has 0 unspecified atom stereocenters. The molecule has 1 aromatic heterocycles. The fraction of sp³-hybridized carbons (Fsp3) is 0. The van der Waals surface area contributed by atoms with Crippen LogP contribution < -0.4 is 5.46 Å². The second-order valence-corrected chi connectivity index (χ2v) is 5.01. The summed E-state index contributed by atoms with van der Waals surface area (Å²) >= 11 is 6.33. The summed E-state index contributed by atoms with van der Waals surface area (Å²) in [7, 11) is 6.09. The number of halogens is 1. The highest BCUT2D eigenvalue weighted by Gasteiger charge is 2.13. The number of benzene rings is 3. The molecule has 3 aromatic carbocycles. The molecule has 2 radical (unpaired) electrons. The second-order valence-electron chi connectivity index (χ2n) is 4.60. The van der Waals surface area contributed by atoms with Gasteiger partial charge in [-0.3, -0.25) is 0 Å². The molecule has 19 heavy (non-hydrogen) atoms. The van der Waals surface area contributed by atoms with Crippen LogP contribution in [0.2, 0.25) is 5.02 Å². The molecule has 4 rings (SSSR count). The van der Waals surface area contributed by atoms with Gasteiger partial charge in [-0.2, -0.15) is 0 Å². The molecule has 0 fully saturated rings. The van der Waals surface area contributed by atoms with Crippen LogP contribution in [0.1, 0.15) is 0 Å². The van der Waals surface area contributed by atoms with Gasteiger partial charge in [-0.25, -0.2) is 0 Å². The number of furan rings is 1. The molecule has 0 aliphatic carbocycles. The van der Waals surface area contributed by atoms with E-state index in [2.05, 4.69) is 0 Å². The summed E-state index contributed by atoms with van der Waals surface area (Å²) in [6.45, 7) is 0. The van der Waals surface area contributed by atoms with Crippen molar-refractivity contribution in [3.63, 3.8) is 0 Å². The Bertz CT molecular complexity index is 940. The lowest BCUT2D eigenvalue weighted by atomic mass is 9.88. The third-order valence-corrected chi connectivity index (χ3v) is 3.80. The third kappa shape index (κ3) is 1.44. The standard InChI is InChI=1S/C16H8BClO/c17-11-8-14-15(10-5-2-1-4-9(10)11)16-12(18)6-3-7-13(16)19-14/h1-8H. The highest BCUT2D eigenvalue weighted by atomic mass is 35.5. The van der Waals surface area contributed by atoms with Crippen molar-refractivity contribution in [1.82, 2.24) is 0 Å². The van der Waals surface area contributed by atoms with E-state index in [0.29, 0.717) is 5.02 Å². The van der Waals surface area contributed by atoms with Crippen molar-refractivity contribution in [2.24, 2.45) is 0 Å². The number of hydrogen-bond acceptors (Lipinski definition) is 1. The molecule has 3 heteroatoms. The molecule has 88 valence electrons. The van der Waals surface area contributed by atoms with E-state index in [0.717, 1.165) is 38.2 Å². The fourth-order valence-electron chi connectivity index (χ4n) is 2.67. The molecule has 4 aromatic rings. The Hall–Kier alpha value is -1.93. The van der Waals surface area contributed by atoms with E-state index in [4.69, 9.17) is 23.9 Å². The summed E-state index contributed by atoms with van der Waals surface area (Å²) in [6, 6.07) is 15.6. The molecule has 0 saturated heterocycles. The maximum Gasteiger partial charge on any atom is 0.136 e. The first kappa shape index (κ1) is 10.9. The molecule has 0 amide bonds. The van der Waals surface area contributed by atoms with Gasteiger partial charge in [0.05, 0.1) is 5.02 Å². The molecule has 0 atom stereocenters. The van der Waals surface area contributed by atoms with Gasteiger partial charge < -0.3 is 4.42 Å². The topological polar surface area (TPSA) is 13.1 Å². The summed E-state index contributed by atoms with van der Waals surface area (Å²) in [4.78, 5) is 0. The molecule has 0 aliphatic rings. The Kier molecular flexibility index (Phi) is 2.18. The molecule has 0 N–H and O–H groups in total. The Morgan fingerprint density at radius 1 is 0.842 bits per heavy atom. The van der Waals surface area contributed by atoms with E-state index in [1.165, 1.54) is 0 Å². The Morgan fingerprint density at radius 3 is 2.47 bits per heavy atom. The van der Waals surface area contributed by atoms with Gasteiger partial charge in [-0.1, -0.05) is 47.4 Å². The molecule has 0 bridgehead atoms. The summed E-state index contributed by atoms with van der Waals surface area (Å²) in [5.74, 6) is 0. The lowest BCUT2D eigenvalue weighted by Crippen LogP contribution is -2.02. The second kappa shape index (κ2) is 3.78. The van der Waals surface area contributed by atoms with E-state index in [-0.39, 0.29) is 0 Å². The molecule has 0 aliphatic heterocycles. The Labute approximate surface area is 116 Å². The third-order valence-electron chi connectivity index (χ3n) is 3.49. The van der Waals surface area contributed by atoms with Crippen molar-refractivity contribution >= 4 is 57.6 Å². The Morgan fingerprint density at radius 2 is 1.63 bits per heavy atom. The van der Waals surface area contributed by atoms with Gasteiger partial charge in [-0.05, 0) is 29.0 Å². The minimum atomic E-state index is 0.700. The van der Waals surface area contributed by atoms with Gasteiger partial charge in [0, 0.05) is 10.8 Å². The first-order chi connectivity index (χ1) is 9.25. The van der Waals surface area contributed by atoms with E-state index < -0.39 is 0 Å². The van der Waals surface area contributed by atoms with Crippen molar-refractivity contribution in [3.05, 3.63) is 53.6 Å². The summed E-state index contributed by atoms with van der Waals surface area (Å²) in [6.07, 6.45) is 0. The highest BCUT2D eigenvalue weighted by molar-refractivity contribution is 6.44. The summed E-state index contributed by atoms with van der Waals surface area (Å²) in [5, 5.41) is 4.79. The fourth-order valence-corrected chi connectivity index (χ4v) is 2.93. The van der Waals surface area contributed by atoms with Crippen LogP contribution >= 0.6 is 11.6 Å². The zero-order valence-electron chi connectivity index (χ0n) is 9.98. The van der Waals surface area contributed by atoms with Gasteiger partial charge in [0.1, 0.15) is 19.0 Å². The van der Waals surface area contributed by atoms with Gasteiger partial charge in [0.25, 0.3) is 0 Å². The Balaban J connectivity index is 2.40. The monoisotopic (exact) mass is 262 g/mol. The minimum Gasteiger partial charge on any atom is -0.456 e. The van der Waals surface area contributed by atoms with E-state index in [9.17, 15) is 0 Å². The minimum absolute atomic E-state index is 0.700. The summed E-state index contributed by atoms with van der Waals surface area (Å²) in [5.41, 5.74) is 2.29. The number of rotatable bonds is 0. The van der Waals surface area contributed by atoms with Crippen molar-refractivity contribution < 1.29 is 4.42 Å². The summed E-state index contributed by atoms with van der Waals surface area (Å²) < 4.78 is 5.86. The molecule has 1 heterocycles. The van der Waals surface area contributed by atoms with Gasteiger partial charge in [-0.15, -0.1) is 0 Å². The maximum absolute atomic E-state index is 6.33. The normalized spacial score (nSPS) is 11.6. The van der Waals surface area contributed by atoms with Gasteiger partial charge in [0.2, 0.25) is 0 Å². The highest BCUT2D eigenvalue weighted by Crippen LogP contribution is 2.37. The smallest absolute Gasteiger partial charge is 0.136 e. The molecular weight excluding hydrogens is 254 g/mol. The van der Waals surface area contributed by atoms with Crippen LogP contribution in [0.4, 0.5) is 0 Å². The van der Waals surface area contributed by atoms with Crippen molar-refractivity contribution in [2.45, 2.75) is 0 Å². The van der Waals surface area contributed by atoms with E-state index >= 15 is 0 Å². The van der Waals surface area contributed by atoms with Crippen LogP contribution in [-0.2, 0) is 0 Å². The SMILES string of the molecule is [B]c1cc2oc3cccc(Cl)c3c2c2ccccc12.